The van der Waals surface area contributed by atoms with E-state index >= 15 is 0 Å². The average Bonchev–Trinajstić information content (AvgIpc) is 3.64. The van der Waals surface area contributed by atoms with E-state index in [4.69, 9.17) is 14.2 Å². The van der Waals surface area contributed by atoms with Crippen molar-refractivity contribution in [2.75, 3.05) is 25.2 Å². The van der Waals surface area contributed by atoms with Crippen LogP contribution in [-0.2, 0) is 9.53 Å². The molecule has 1 atom stereocenters. The molecule has 3 aromatic rings. The topological polar surface area (TPSA) is 115 Å². The van der Waals surface area contributed by atoms with Crippen LogP contribution in [0.25, 0.3) is 0 Å². The predicted molar refractivity (Wildman–Crippen MR) is 145 cm³/mol. The Bertz CT molecular complexity index is 1380. The van der Waals surface area contributed by atoms with Gasteiger partial charge in [-0.15, -0.1) is 11.3 Å². The van der Waals surface area contributed by atoms with E-state index in [0.717, 1.165) is 24.2 Å². The van der Waals surface area contributed by atoms with Gasteiger partial charge in [0.1, 0.15) is 4.88 Å². The monoisotopic (exact) mass is 556 g/mol. The van der Waals surface area contributed by atoms with E-state index in [0.29, 0.717) is 40.8 Å². The van der Waals surface area contributed by atoms with E-state index in [-0.39, 0.29) is 15.6 Å². The fourth-order valence-electron chi connectivity index (χ4n) is 4.07. The standard InChI is InChI=1S/C27H28N2O7S2/c1-5-7-12-36-17-11-10-16(14-18(17)35-6-2)21-20(22(30)19-9-8-13-37-19)23(31)25(32)29(21)27-28-15(3)24(38-27)26(33)34-4/h8-11,13-14,21,31H,5-7,12H2,1-4H3. The fourth-order valence-corrected chi connectivity index (χ4v) is 5.76. The Kier molecular flexibility index (Phi) is 8.48. The molecule has 2 aromatic heterocycles. The average molecular weight is 557 g/mol. The minimum atomic E-state index is -1.02. The maximum Gasteiger partial charge on any atom is 0.350 e. The summed E-state index contributed by atoms with van der Waals surface area (Å²) in [7, 11) is 1.26. The van der Waals surface area contributed by atoms with Crippen LogP contribution >= 0.6 is 22.7 Å². The number of aryl methyl sites for hydroxylation is 1. The summed E-state index contributed by atoms with van der Waals surface area (Å²) in [5, 5.41) is 12.9. The van der Waals surface area contributed by atoms with Crippen LogP contribution in [0.2, 0.25) is 0 Å². The van der Waals surface area contributed by atoms with E-state index in [1.807, 2.05) is 6.92 Å². The zero-order chi connectivity index (χ0) is 27.4. The van der Waals surface area contributed by atoms with E-state index in [1.54, 1.807) is 42.6 Å². The van der Waals surface area contributed by atoms with Gasteiger partial charge in [-0.3, -0.25) is 14.5 Å². The number of rotatable bonds is 11. The Balaban J connectivity index is 1.85. The SMILES string of the molecule is CCCCOc1ccc(C2C(C(=O)c3cccs3)=C(O)C(=O)N2c2nc(C)c(C(=O)OC)s2)cc1OCC. The molecular weight excluding hydrogens is 528 g/mol. The molecule has 3 heterocycles. The number of carbonyl (C=O) groups excluding carboxylic acids is 3. The van der Waals surface area contributed by atoms with Crippen LogP contribution < -0.4 is 14.4 Å². The molecule has 0 saturated heterocycles. The van der Waals surface area contributed by atoms with Crippen molar-refractivity contribution in [1.82, 2.24) is 4.98 Å². The Morgan fingerprint density at radius 3 is 2.61 bits per heavy atom. The highest BCUT2D eigenvalue weighted by Crippen LogP contribution is 2.45. The van der Waals surface area contributed by atoms with Crippen molar-refractivity contribution in [2.24, 2.45) is 0 Å². The maximum absolute atomic E-state index is 13.6. The molecule has 11 heteroatoms. The van der Waals surface area contributed by atoms with Crippen LogP contribution in [0.3, 0.4) is 0 Å². The van der Waals surface area contributed by atoms with Gasteiger partial charge in [-0.25, -0.2) is 9.78 Å². The van der Waals surface area contributed by atoms with Gasteiger partial charge >= 0.3 is 5.97 Å². The zero-order valence-corrected chi connectivity index (χ0v) is 23.1. The molecule has 0 aliphatic carbocycles. The van der Waals surface area contributed by atoms with Crippen molar-refractivity contribution in [3.8, 4) is 11.5 Å². The van der Waals surface area contributed by atoms with Gasteiger partial charge in [-0.2, -0.15) is 0 Å². The predicted octanol–water partition coefficient (Wildman–Crippen LogP) is 5.66. The van der Waals surface area contributed by atoms with Crippen molar-refractivity contribution in [1.29, 1.82) is 0 Å². The number of anilines is 1. The van der Waals surface area contributed by atoms with Crippen LogP contribution in [-0.4, -0.2) is 48.1 Å². The second kappa shape index (κ2) is 11.8. The number of methoxy groups -OCH3 is 1. The fraction of sp³-hybridized carbons (Fsp3) is 0.333. The summed E-state index contributed by atoms with van der Waals surface area (Å²) in [4.78, 5) is 45.5. The number of aliphatic hydroxyl groups is 1. The molecule has 1 unspecified atom stereocenters. The number of Topliss-reactive ketones (excluding diaryl/α,β-unsaturated/α-hetero) is 1. The second-order valence-corrected chi connectivity index (χ2v) is 10.3. The quantitative estimate of drug-likeness (QED) is 0.183. The Labute approximate surface area is 228 Å². The number of nitrogens with zero attached hydrogens (tertiary/aromatic N) is 2. The summed E-state index contributed by atoms with van der Waals surface area (Å²) in [5.41, 5.74) is 0.809. The number of aromatic nitrogens is 1. The summed E-state index contributed by atoms with van der Waals surface area (Å²) in [6.07, 6.45) is 1.85. The number of ether oxygens (including phenoxy) is 3. The zero-order valence-electron chi connectivity index (χ0n) is 21.5. The first-order chi connectivity index (χ1) is 18.3. The Hall–Kier alpha value is -3.70. The van der Waals surface area contributed by atoms with Crippen molar-refractivity contribution in [3.63, 3.8) is 0 Å². The van der Waals surface area contributed by atoms with Gasteiger partial charge in [0, 0.05) is 0 Å². The Morgan fingerprint density at radius 2 is 1.95 bits per heavy atom. The molecule has 1 aliphatic heterocycles. The third-order valence-corrected chi connectivity index (χ3v) is 7.90. The highest BCUT2D eigenvalue weighted by molar-refractivity contribution is 7.17. The summed E-state index contributed by atoms with van der Waals surface area (Å²) >= 11 is 2.16. The number of unbranched alkanes of at least 4 members (excludes halogenated alkanes) is 1. The van der Waals surface area contributed by atoms with Crippen LogP contribution in [0.5, 0.6) is 11.5 Å². The number of aliphatic hydroxyl groups excluding tert-OH is 1. The van der Waals surface area contributed by atoms with Crippen molar-refractivity contribution in [2.45, 2.75) is 39.7 Å². The van der Waals surface area contributed by atoms with Crippen molar-refractivity contribution < 1.29 is 33.7 Å². The molecule has 200 valence electrons. The molecule has 1 aromatic carbocycles. The first-order valence-corrected chi connectivity index (χ1v) is 13.8. The molecule has 1 amide bonds. The van der Waals surface area contributed by atoms with E-state index < -0.39 is 29.5 Å². The second-order valence-electron chi connectivity index (χ2n) is 8.39. The summed E-state index contributed by atoms with van der Waals surface area (Å²) in [6.45, 7) is 6.43. The molecule has 1 N–H and O–H groups in total. The van der Waals surface area contributed by atoms with E-state index in [1.165, 1.54) is 23.3 Å². The van der Waals surface area contributed by atoms with Gasteiger partial charge in [-0.05, 0) is 49.4 Å². The number of benzene rings is 1. The lowest BCUT2D eigenvalue weighted by Gasteiger charge is -2.25. The van der Waals surface area contributed by atoms with Gasteiger partial charge < -0.3 is 19.3 Å². The van der Waals surface area contributed by atoms with E-state index in [2.05, 4.69) is 11.9 Å². The van der Waals surface area contributed by atoms with Crippen LogP contribution in [0.4, 0.5) is 5.13 Å². The molecule has 1 aliphatic rings. The largest absolute Gasteiger partial charge is 0.503 e. The van der Waals surface area contributed by atoms with Gasteiger partial charge in [0.2, 0.25) is 5.78 Å². The third-order valence-electron chi connectivity index (χ3n) is 5.90. The lowest BCUT2D eigenvalue weighted by molar-refractivity contribution is -0.117. The molecule has 38 heavy (non-hydrogen) atoms. The maximum atomic E-state index is 13.6. The minimum absolute atomic E-state index is 0.0768. The number of thiazole rings is 1. The van der Waals surface area contributed by atoms with Crippen LogP contribution in [0.1, 0.15) is 63.3 Å². The highest BCUT2D eigenvalue weighted by atomic mass is 32.1. The van der Waals surface area contributed by atoms with Gasteiger partial charge in [0.05, 0.1) is 42.5 Å². The van der Waals surface area contributed by atoms with Crippen molar-refractivity contribution in [3.05, 3.63) is 68.1 Å². The lowest BCUT2D eigenvalue weighted by atomic mass is 9.95. The van der Waals surface area contributed by atoms with Crippen LogP contribution in [0, 0.1) is 6.92 Å². The van der Waals surface area contributed by atoms with Gasteiger partial charge in [0.25, 0.3) is 5.91 Å². The summed E-state index contributed by atoms with van der Waals surface area (Å²) < 4.78 is 16.6. The first-order valence-electron chi connectivity index (χ1n) is 12.1. The number of thiophene rings is 1. The number of hydrogen-bond donors (Lipinski definition) is 1. The number of hydrogen-bond acceptors (Lipinski definition) is 10. The summed E-state index contributed by atoms with van der Waals surface area (Å²) in [5.74, 6) is -1.52. The van der Waals surface area contributed by atoms with Crippen LogP contribution in [0.15, 0.2) is 47.0 Å². The highest BCUT2D eigenvalue weighted by Gasteiger charge is 2.46. The number of esters is 1. The van der Waals surface area contributed by atoms with E-state index in [9.17, 15) is 19.5 Å². The smallest absolute Gasteiger partial charge is 0.350 e. The number of carbonyl (C=O) groups is 3. The molecule has 9 nitrogen and oxygen atoms in total. The molecule has 4 rings (SSSR count). The lowest BCUT2D eigenvalue weighted by Crippen LogP contribution is -2.31. The molecule has 0 radical (unpaired) electrons. The third kappa shape index (κ3) is 5.16. The molecular formula is C27H28N2O7S2. The van der Waals surface area contributed by atoms with Gasteiger partial charge in [-0.1, -0.05) is 36.8 Å². The molecule has 0 saturated carbocycles. The summed E-state index contributed by atoms with van der Waals surface area (Å²) in [6, 6.07) is 7.51. The number of ketones is 1. The Morgan fingerprint density at radius 1 is 1.16 bits per heavy atom. The first kappa shape index (κ1) is 27.3. The minimum Gasteiger partial charge on any atom is -0.503 e. The normalized spacial score (nSPS) is 15.2. The molecule has 0 spiro atoms. The number of amides is 1. The van der Waals surface area contributed by atoms with Gasteiger partial charge in [0.15, 0.2) is 22.4 Å². The van der Waals surface area contributed by atoms with Crippen molar-refractivity contribution >= 4 is 45.5 Å². The molecule has 0 fully saturated rings. The molecule has 0 bridgehead atoms.